The zero-order chi connectivity index (χ0) is 22.2. The van der Waals surface area contributed by atoms with Crippen LogP contribution in [0, 0.1) is 0 Å². The Bertz CT molecular complexity index is 1030. The second-order valence-electron chi connectivity index (χ2n) is 7.45. The number of thiophene rings is 1. The molecule has 1 aliphatic heterocycles. The quantitative estimate of drug-likeness (QED) is 0.512. The average molecular weight is 454 g/mol. The van der Waals surface area contributed by atoms with E-state index in [1.807, 2.05) is 41.1 Å². The number of rotatable bonds is 9. The van der Waals surface area contributed by atoms with Gasteiger partial charge in [-0.25, -0.2) is 0 Å². The van der Waals surface area contributed by atoms with Crippen LogP contribution in [0.1, 0.15) is 15.9 Å². The Morgan fingerprint density at radius 3 is 2.62 bits per heavy atom. The first kappa shape index (κ1) is 22.1. The number of carbonyl (C=O) groups is 1. The molecule has 0 saturated carbocycles. The molecule has 4 rings (SSSR count). The number of anilines is 2. The SMILES string of the molecule is Nc1cscc1COc1cccc(NC(=O)c2cccc(OCCN3CCOCC3)c2)c1. The third-order valence-corrected chi connectivity index (χ3v) is 5.95. The van der Waals surface area contributed by atoms with Gasteiger partial charge in [-0.2, -0.15) is 0 Å². The monoisotopic (exact) mass is 453 g/mol. The van der Waals surface area contributed by atoms with Crippen molar-refractivity contribution < 1.29 is 19.0 Å². The maximum absolute atomic E-state index is 12.7. The highest BCUT2D eigenvalue weighted by Crippen LogP contribution is 2.23. The topological polar surface area (TPSA) is 86.0 Å². The van der Waals surface area contributed by atoms with Gasteiger partial charge in [0.2, 0.25) is 0 Å². The highest BCUT2D eigenvalue weighted by molar-refractivity contribution is 7.08. The number of nitrogens with zero attached hydrogens (tertiary/aromatic N) is 1. The number of ether oxygens (including phenoxy) is 3. The summed E-state index contributed by atoms with van der Waals surface area (Å²) in [5.74, 6) is 1.13. The Hall–Kier alpha value is -3.07. The summed E-state index contributed by atoms with van der Waals surface area (Å²) in [6, 6.07) is 14.5. The summed E-state index contributed by atoms with van der Waals surface area (Å²) < 4.78 is 17.0. The lowest BCUT2D eigenvalue weighted by atomic mass is 10.2. The highest BCUT2D eigenvalue weighted by Gasteiger charge is 2.11. The molecule has 0 bridgehead atoms. The van der Waals surface area contributed by atoms with Crippen LogP contribution < -0.4 is 20.5 Å². The molecular formula is C24H27N3O4S. The van der Waals surface area contributed by atoms with Crippen molar-refractivity contribution in [2.24, 2.45) is 0 Å². The van der Waals surface area contributed by atoms with Gasteiger partial charge in [-0.05, 0) is 35.7 Å². The number of amides is 1. The molecule has 0 aliphatic carbocycles. The van der Waals surface area contributed by atoms with Gasteiger partial charge in [0.05, 0.1) is 13.2 Å². The van der Waals surface area contributed by atoms with E-state index in [0.29, 0.717) is 36.0 Å². The lowest BCUT2D eigenvalue weighted by molar-refractivity contribution is 0.0322. The molecule has 2 aromatic carbocycles. The maximum atomic E-state index is 12.7. The highest BCUT2D eigenvalue weighted by atomic mass is 32.1. The molecule has 1 aliphatic rings. The molecule has 2 heterocycles. The van der Waals surface area contributed by atoms with Gasteiger partial charge in [0.15, 0.2) is 0 Å². The van der Waals surface area contributed by atoms with Crippen molar-refractivity contribution in [2.75, 3.05) is 50.5 Å². The number of hydrogen-bond donors (Lipinski definition) is 2. The largest absolute Gasteiger partial charge is 0.492 e. The van der Waals surface area contributed by atoms with Gasteiger partial charge in [0, 0.05) is 53.6 Å². The lowest BCUT2D eigenvalue weighted by Crippen LogP contribution is -2.38. The van der Waals surface area contributed by atoms with Gasteiger partial charge in [-0.15, -0.1) is 11.3 Å². The fraction of sp³-hybridized carbons (Fsp3) is 0.292. The van der Waals surface area contributed by atoms with Crippen LogP contribution in [0.3, 0.4) is 0 Å². The molecule has 0 atom stereocenters. The number of nitrogen functional groups attached to an aromatic ring is 1. The fourth-order valence-corrected chi connectivity index (χ4v) is 4.06. The van der Waals surface area contributed by atoms with Crippen molar-refractivity contribution >= 4 is 28.6 Å². The molecule has 8 heteroatoms. The summed E-state index contributed by atoms with van der Waals surface area (Å²) in [6.45, 7) is 5.18. The van der Waals surface area contributed by atoms with E-state index in [1.54, 1.807) is 29.5 Å². The molecule has 3 N–H and O–H groups in total. The van der Waals surface area contributed by atoms with Crippen LogP contribution >= 0.6 is 11.3 Å². The van der Waals surface area contributed by atoms with Crippen molar-refractivity contribution in [1.29, 1.82) is 0 Å². The van der Waals surface area contributed by atoms with Gasteiger partial charge >= 0.3 is 0 Å². The van der Waals surface area contributed by atoms with E-state index in [4.69, 9.17) is 19.9 Å². The number of morpholine rings is 1. The predicted molar refractivity (Wildman–Crippen MR) is 127 cm³/mol. The molecule has 3 aromatic rings. The number of benzene rings is 2. The van der Waals surface area contributed by atoms with Crippen molar-refractivity contribution in [3.8, 4) is 11.5 Å². The van der Waals surface area contributed by atoms with Crippen molar-refractivity contribution in [2.45, 2.75) is 6.61 Å². The second-order valence-corrected chi connectivity index (χ2v) is 8.20. The van der Waals surface area contributed by atoms with Crippen LogP contribution in [0.4, 0.5) is 11.4 Å². The summed E-state index contributed by atoms with van der Waals surface area (Å²) in [6.07, 6.45) is 0. The van der Waals surface area contributed by atoms with Crippen LogP contribution in [0.25, 0.3) is 0 Å². The normalized spacial score (nSPS) is 14.1. The summed E-state index contributed by atoms with van der Waals surface area (Å²) in [5, 5.41) is 6.77. The molecule has 7 nitrogen and oxygen atoms in total. The molecule has 32 heavy (non-hydrogen) atoms. The Balaban J connectivity index is 1.30. The standard InChI is InChI=1S/C24H27N3O4S/c25-23-17-32-16-19(23)15-31-22-6-2-4-20(14-22)26-24(28)18-3-1-5-21(13-18)30-12-9-27-7-10-29-11-8-27/h1-6,13-14,16-17H,7-12,15,25H2,(H,26,28). The molecule has 168 valence electrons. The van der Waals surface area contributed by atoms with Crippen LogP contribution in [-0.4, -0.2) is 50.3 Å². The van der Waals surface area contributed by atoms with Gasteiger partial charge in [-0.1, -0.05) is 12.1 Å². The molecule has 0 radical (unpaired) electrons. The first-order valence-corrected chi connectivity index (χ1v) is 11.5. The minimum Gasteiger partial charge on any atom is -0.492 e. The minimum atomic E-state index is -0.206. The zero-order valence-electron chi connectivity index (χ0n) is 17.8. The Kier molecular flexibility index (Phi) is 7.60. The fourth-order valence-electron chi connectivity index (χ4n) is 3.32. The zero-order valence-corrected chi connectivity index (χ0v) is 18.6. The second kappa shape index (κ2) is 11.0. The van der Waals surface area contributed by atoms with E-state index in [0.717, 1.165) is 44.1 Å². The Morgan fingerprint density at radius 2 is 1.84 bits per heavy atom. The predicted octanol–water partition coefficient (Wildman–Crippen LogP) is 3.87. The summed E-state index contributed by atoms with van der Waals surface area (Å²) in [4.78, 5) is 15.1. The first-order chi connectivity index (χ1) is 15.7. The summed E-state index contributed by atoms with van der Waals surface area (Å²) >= 11 is 1.54. The van der Waals surface area contributed by atoms with E-state index in [9.17, 15) is 4.79 Å². The van der Waals surface area contributed by atoms with Crippen LogP contribution in [0.5, 0.6) is 11.5 Å². The lowest BCUT2D eigenvalue weighted by Gasteiger charge is -2.26. The molecule has 1 saturated heterocycles. The van der Waals surface area contributed by atoms with E-state index < -0.39 is 0 Å². The van der Waals surface area contributed by atoms with Gasteiger partial charge in [0.25, 0.3) is 5.91 Å². The molecule has 1 fully saturated rings. The van der Waals surface area contributed by atoms with E-state index >= 15 is 0 Å². The average Bonchev–Trinajstić information content (AvgIpc) is 3.23. The van der Waals surface area contributed by atoms with Crippen molar-refractivity contribution in [3.05, 3.63) is 70.4 Å². The van der Waals surface area contributed by atoms with Crippen LogP contribution in [0.2, 0.25) is 0 Å². The van der Waals surface area contributed by atoms with Crippen LogP contribution in [-0.2, 0) is 11.3 Å². The van der Waals surface area contributed by atoms with Gasteiger partial charge in [-0.3, -0.25) is 9.69 Å². The van der Waals surface area contributed by atoms with E-state index in [2.05, 4.69) is 10.2 Å². The van der Waals surface area contributed by atoms with Gasteiger partial charge < -0.3 is 25.3 Å². The Morgan fingerprint density at radius 1 is 1.06 bits per heavy atom. The third-order valence-electron chi connectivity index (χ3n) is 5.14. The molecule has 1 aromatic heterocycles. The number of carbonyl (C=O) groups excluding carboxylic acids is 1. The molecular weight excluding hydrogens is 426 g/mol. The number of nitrogens with one attached hydrogen (secondary N) is 1. The molecule has 1 amide bonds. The Labute approximate surface area is 191 Å². The molecule has 0 spiro atoms. The smallest absolute Gasteiger partial charge is 0.255 e. The van der Waals surface area contributed by atoms with E-state index in [1.165, 1.54) is 0 Å². The van der Waals surface area contributed by atoms with Crippen molar-refractivity contribution in [3.63, 3.8) is 0 Å². The van der Waals surface area contributed by atoms with Crippen molar-refractivity contribution in [1.82, 2.24) is 4.90 Å². The first-order valence-electron chi connectivity index (χ1n) is 10.5. The third kappa shape index (κ3) is 6.23. The minimum absolute atomic E-state index is 0.206. The maximum Gasteiger partial charge on any atom is 0.255 e. The number of nitrogens with two attached hydrogens (primary N) is 1. The number of hydrogen-bond acceptors (Lipinski definition) is 7. The summed E-state index contributed by atoms with van der Waals surface area (Å²) in [7, 11) is 0. The van der Waals surface area contributed by atoms with Gasteiger partial charge in [0.1, 0.15) is 24.7 Å². The van der Waals surface area contributed by atoms with E-state index in [-0.39, 0.29) is 5.91 Å². The summed E-state index contributed by atoms with van der Waals surface area (Å²) in [5.41, 5.74) is 8.77. The molecule has 0 unspecified atom stereocenters. The van der Waals surface area contributed by atoms with Crippen LogP contribution in [0.15, 0.2) is 59.3 Å².